The number of hydrogen-bond donors (Lipinski definition) is 2. The highest BCUT2D eigenvalue weighted by atomic mass is 16.5. The van der Waals surface area contributed by atoms with Crippen molar-refractivity contribution in [2.75, 3.05) is 34.3 Å². The van der Waals surface area contributed by atoms with E-state index >= 15 is 0 Å². The number of methoxy groups -OCH3 is 1. The molecule has 0 radical (unpaired) electrons. The monoisotopic (exact) mass is 389 g/mol. The molecule has 29 heavy (non-hydrogen) atoms. The summed E-state index contributed by atoms with van der Waals surface area (Å²) >= 11 is 0. The van der Waals surface area contributed by atoms with E-state index in [1.807, 2.05) is 61.5 Å². The van der Waals surface area contributed by atoms with Crippen molar-refractivity contribution in [3.8, 4) is 17.1 Å². The number of likely N-dealkylation sites (N-methyl/N-ethyl adjacent to an activating group) is 1. The van der Waals surface area contributed by atoms with E-state index in [4.69, 9.17) is 4.74 Å². The fourth-order valence-corrected chi connectivity index (χ4v) is 3.24. The quantitative estimate of drug-likeness (QED) is 0.530. The first kappa shape index (κ1) is 18.9. The molecule has 2 N–H and O–H groups in total. The summed E-state index contributed by atoms with van der Waals surface area (Å²) in [4.78, 5) is 27.3. The lowest BCUT2D eigenvalue weighted by Gasteiger charge is -2.12. The molecule has 7 heteroatoms. The lowest BCUT2D eigenvalue weighted by molar-refractivity contribution is 0.0952. The number of pyridine rings is 1. The lowest BCUT2D eigenvalue weighted by atomic mass is 10.0. The largest absolute Gasteiger partial charge is 0.497 e. The van der Waals surface area contributed by atoms with Gasteiger partial charge in [-0.3, -0.25) is 9.78 Å². The molecule has 2 aromatic heterocycles. The summed E-state index contributed by atoms with van der Waals surface area (Å²) in [6, 6.07) is 13.3. The second-order valence-corrected chi connectivity index (χ2v) is 7.13. The summed E-state index contributed by atoms with van der Waals surface area (Å²) in [6.45, 7) is 1.33. The molecule has 1 amide bonds. The minimum Gasteiger partial charge on any atom is -0.497 e. The molecule has 0 saturated heterocycles. The van der Waals surface area contributed by atoms with Gasteiger partial charge < -0.3 is 19.9 Å². The first-order valence-electron chi connectivity index (χ1n) is 9.41. The summed E-state index contributed by atoms with van der Waals surface area (Å²) in [7, 11) is 5.58. The molecule has 4 aromatic rings. The molecule has 0 spiro atoms. The Bertz CT molecular complexity index is 1180. The zero-order valence-electron chi connectivity index (χ0n) is 16.7. The van der Waals surface area contributed by atoms with Gasteiger partial charge in [0.1, 0.15) is 11.6 Å². The molecule has 148 valence electrons. The maximum Gasteiger partial charge on any atom is 0.253 e. The SMILES string of the molecule is COc1ccc2nc(-c3cc(C(=O)NCCN(C)C)c4ncccc4c3)[nH]c2c1. The first-order chi connectivity index (χ1) is 14.0. The van der Waals surface area contributed by atoms with Crippen LogP contribution in [0.3, 0.4) is 0 Å². The van der Waals surface area contributed by atoms with Crippen LogP contribution in [0.5, 0.6) is 5.75 Å². The van der Waals surface area contributed by atoms with E-state index in [0.29, 0.717) is 23.4 Å². The highest BCUT2D eigenvalue weighted by Gasteiger charge is 2.15. The zero-order valence-corrected chi connectivity index (χ0v) is 16.7. The van der Waals surface area contributed by atoms with Gasteiger partial charge in [-0.25, -0.2) is 4.98 Å². The van der Waals surface area contributed by atoms with Crippen molar-refractivity contribution in [2.45, 2.75) is 0 Å². The number of nitrogens with one attached hydrogen (secondary N) is 2. The van der Waals surface area contributed by atoms with E-state index in [1.54, 1.807) is 13.3 Å². The third-order valence-corrected chi connectivity index (χ3v) is 4.76. The number of carbonyl (C=O) groups is 1. The van der Waals surface area contributed by atoms with Crippen LogP contribution in [0.2, 0.25) is 0 Å². The molecule has 0 atom stereocenters. The lowest BCUT2D eigenvalue weighted by Crippen LogP contribution is -2.31. The standard InChI is InChI=1S/C22H23N5O2/c1-27(2)10-9-24-22(28)17-12-15(11-14-5-4-8-23-20(14)17)21-25-18-7-6-16(29-3)13-19(18)26-21/h4-8,11-13H,9-10H2,1-3H3,(H,24,28)(H,25,26). The van der Waals surface area contributed by atoms with E-state index in [9.17, 15) is 4.79 Å². The van der Waals surface area contributed by atoms with Crippen LogP contribution in [0.4, 0.5) is 0 Å². The number of carbonyl (C=O) groups excluding carboxylic acids is 1. The van der Waals surface area contributed by atoms with Crippen LogP contribution in [0.1, 0.15) is 10.4 Å². The van der Waals surface area contributed by atoms with Crippen molar-refractivity contribution in [1.82, 2.24) is 25.2 Å². The molecule has 0 aliphatic carbocycles. The van der Waals surface area contributed by atoms with Gasteiger partial charge in [-0.1, -0.05) is 6.07 Å². The van der Waals surface area contributed by atoms with E-state index < -0.39 is 0 Å². The van der Waals surface area contributed by atoms with E-state index in [0.717, 1.165) is 34.3 Å². The van der Waals surface area contributed by atoms with Gasteiger partial charge in [-0.15, -0.1) is 0 Å². The molecule has 2 aromatic carbocycles. The number of aromatic nitrogens is 3. The van der Waals surface area contributed by atoms with Crippen LogP contribution >= 0.6 is 0 Å². The Morgan fingerprint density at radius 3 is 2.86 bits per heavy atom. The molecule has 0 aliphatic heterocycles. The molecule has 0 aliphatic rings. The van der Waals surface area contributed by atoms with Crippen molar-refractivity contribution in [3.63, 3.8) is 0 Å². The van der Waals surface area contributed by atoms with Gasteiger partial charge in [-0.05, 0) is 44.4 Å². The topological polar surface area (TPSA) is 83.1 Å². The van der Waals surface area contributed by atoms with Crippen LogP contribution < -0.4 is 10.1 Å². The molecule has 0 bridgehead atoms. The van der Waals surface area contributed by atoms with Crippen LogP contribution in [0.15, 0.2) is 48.7 Å². The van der Waals surface area contributed by atoms with Gasteiger partial charge in [0, 0.05) is 36.3 Å². The highest BCUT2D eigenvalue weighted by molar-refractivity contribution is 6.07. The number of rotatable bonds is 6. The van der Waals surface area contributed by atoms with Gasteiger partial charge >= 0.3 is 0 Å². The van der Waals surface area contributed by atoms with Crippen LogP contribution in [-0.2, 0) is 0 Å². The number of fused-ring (bicyclic) bond motifs is 2. The van der Waals surface area contributed by atoms with E-state index in [-0.39, 0.29) is 5.91 Å². The second kappa shape index (κ2) is 7.89. The molecule has 4 rings (SSSR count). The number of benzene rings is 2. The van der Waals surface area contributed by atoms with Gasteiger partial charge in [0.2, 0.25) is 0 Å². The first-order valence-corrected chi connectivity index (χ1v) is 9.41. The Kier molecular flexibility index (Phi) is 5.14. The van der Waals surface area contributed by atoms with Gasteiger partial charge in [0.15, 0.2) is 0 Å². The smallest absolute Gasteiger partial charge is 0.253 e. The average Bonchev–Trinajstić information content (AvgIpc) is 3.15. The van der Waals surface area contributed by atoms with Crippen molar-refractivity contribution in [2.24, 2.45) is 0 Å². The molecule has 0 saturated carbocycles. The average molecular weight is 389 g/mol. The zero-order chi connectivity index (χ0) is 20.4. The van der Waals surface area contributed by atoms with Gasteiger partial charge in [0.05, 0.1) is 29.2 Å². The minimum atomic E-state index is -0.143. The summed E-state index contributed by atoms with van der Waals surface area (Å²) in [6.07, 6.45) is 1.70. The predicted molar refractivity (Wildman–Crippen MR) is 114 cm³/mol. The molecule has 7 nitrogen and oxygen atoms in total. The summed E-state index contributed by atoms with van der Waals surface area (Å²) in [5.74, 6) is 1.31. The third kappa shape index (κ3) is 3.90. The Morgan fingerprint density at radius 2 is 2.07 bits per heavy atom. The molecular weight excluding hydrogens is 366 g/mol. The number of aromatic amines is 1. The highest BCUT2D eigenvalue weighted by Crippen LogP contribution is 2.28. The maximum atomic E-state index is 12.9. The van der Waals surface area contributed by atoms with Gasteiger partial charge in [0.25, 0.3) is 5.91 Å². The Morgan fingerprint density at radius 1 is 1.21 bits per heavy atom. The Hall–Kier alpha value is -3.45. The number of nitrogens with zero attached hydrogens (tertiary/aromatic N) is 3. The minimum absolute atomic E-state index is 0.143. The van der Waals surface area contributed by atoms with Gasteiger partial charge in [-0.2, -0.15) is 0 Å². The van der Waals surface area contributed by atoms with Crippen LogP contribution in [-0.4, -0.2) is 60.1 Å². The summed E-state index contributed by atoms with van der Waals surface area (Å²) in [5.41, 5.74) is 3.76. The maximum absolute atomic E-state index is 12.9. The molecule has 0 unspecified atom stereocenters. The molecule has 0 fully saturated rings. The number of ether oxygens (including phenoxy) is 1. The third-order valence-electron chi connectivity index (χ3n) is 4.76. The van der Waals surface area contributed by atoms with Crippen molar-refractivity contribution in [3.05, 3.63) is 54.2 Å². The number of imidazole rings is 1. The summed E-state index contributed by atoms with van der Waals surface area (Å²) in [5, 5.41) is 3.86. The van der Waals surface area contributed by atoms with Crippen molar-refractivity contribution in [1.29, 1.82) is 0 Å². The molecule has 2 heterocycles. The number of H-pyrrole nitrogens is 1. The fraction of sp³-hybridized carbons (Fsp3) is 0.227. The van der Waals surface area contributed by atoms with Crippen molar-refractivity contribution >= 4 is 27.8 Å². The Balaban J connectivity index is 1.76. The van der Waals surface area contributed by atoms with Crippen molar-refractivity contribution < 1.29 is 9.53 Å². The predicted octanol–water partition coefficient (Wildman–Crippen LogP) is 3.08. The van der Waals surface area contributed by atoms with E-state index in [2.05, 4.69) is 20.3 Å². The van der Waals surface area contributed by atoms with Crippen LogP contribution in [0.25, 0.3) is 33.3 Å². The number of amides is 1. The molecular formula is C22H23N5O2. The van der Waals surface area contributed by atoms with Crippen LogP contribution in [0, 0.1) is 0 Å². The van der Waals surface area contributed by atoms with E-state index in [1.165, 1.54) is 0 Å². The normalized spacial score (nSPS) is 11.3. The fourth-order valence-electron chi connectivity index (χ4n) is 3.24. The Labute approximate surface area is 168 Å². The summed E-state index contributed by atoms with van der Waals surface area (Å²) < 4.78 is 5.29. The second-order valence-electron chi connectivity index (χ2n) is 7.13. The number of hydrogen-bond acceptors (Lipinski definition) is 5.